The topological polar surface area (TPSA) is 110 Å². The molecular weight excluding hydrogens is 432 g/mol. The molecule has 10 heteroatoms. The third kappa shape index (κ3) is 8.74. The highest BCUT2D eigenvalue weighted by atomic mass is 32.1. The van der Waals surface area contributed by atoms with E-state index in [0.717, 1.165) is 12.0 Å². The first-order chi connectivity index (χ1) is 15.4. The van der Waals surface area contributed by atoms with Gasteiger partial charge in [0.15, 0.2) is 5.13 Å². The van der Waals surface area contributed by atoms with Gasteiger partial charge in [-0.15, -0.1) is 11.3 Å². The van der Waals surface area contributed by atoms with Gasteiger partial charge in [-0.3, -0.25) is 14.4 Å². The molecule has 1 aromatic heterocycles. The predicted molar refractivity (Wildman–Crippen MR) is 123 cm³/mol. The van der Waals surface area contributed by atoms with Crippen molar-refractivity contribution in [1.82, 2.24) is 15.2 Å². The molecule has 0 aliphatic rings. The zero-order valence-electron chi connectivity index (χ0n) is 18.7. The first-order valence-electron chi connectivity index (χ1n) is 10.3. The largest absolute Gasteiger partial charge is 0.385 e. The van der Waals surface area contributed by atoms with E-state index in [2.05, 4.69) is 15.6 Å². The van der Waals surface area contributed by atoms with Crippen LogP contribution in [0.2, 0.25) is 0 Å². The maximum absolute atomic E-state index is 12.8. The Morgan fingerprint density at radius 3 is 2.47 bits per heavy atom. The van der Waals surface area contributed by atoms with E-state index >= 15 is 0 Å². The molecule has 0 bridgehead atoms. The van der Waals surface area contributed by atoms with Gasteiger partial charge < -0.3 is 25.0 Å². The van der Waals surface area contributed by atoms with E-state index in [1.54, 1.807) is 31.7 Å². The lowest BCUT2D eigenvalue weighted by Crippen LogP contribution is -2.40. The van der Waals surface area contributed by atoms with Gasteiger partial charge in [-0.1, -0.05) is 17.7 Å². The van der Waals surface area contributed by atoms with Gasteiger partial charge in [0.25, 0.3) is 5.91 Å². The van der Waals surface area contributed by atoms with Crippen LogP contribution in [0.5, 0.6) is 0 Å². The Balaban J connectivity index is 1.90. The van der Waals surface area contributed by atoms with Crippen molar-refractivity contribution in [3.8, 4) is 0 Å². The minimum absolute atomic E-state index is 0.130. The average Bonchev–Trinajstić information content (AvgIpc) is 3.20. The Morgan fingerprint density at radius 1 is 1.06 bits per heavy atom. The summed E-state index contributed by atoms with van der Waals surface area (Å²) in [5.74, 6) is -0.757. The Hall–Kier alpha value is -2.82. The number of carbonyl (C=O) groups excluding carboxylic acids is 3. The molecule has 32 heavy (non-hydrogen) atoms. The maximum Gasteiger partial charge on any atom is 0.254 e. The summed E-state index contributed by atoms with van der Waals surface area (Å²) >= 11 is 1.23. The molecule has 0 saturated heterocycles. The molecule has 2 N–H and O–H groups in total. The summed E-state index contributed by atoms with van der Waals surface area (Å²) in [6.07, 6.45) is 0.868. The zero-order valence-corrected chi connectivity index (χ0v) is 19.5. The van der Waals surface area contributed by atoms with Gasteiger partial charge >= 0.3 is 0 Å². The Labute approximate surface area is 192 Å². The highest BCUT2D eigenvalue weighted by Crippen LogP contribution is 2.16. The summed E-state index contributed by atoms with van der Waals surface area (Å²) in [4.78, 5) is 43.0. The zero-order chi connectivity index (χ0) is 23.3. The Kier molecular flexibility index (Phi) is 10.8. The normalized spacial score (nSPS) is 10.6. The lowest BCUT2D eigenvalue weighted by atomic mass is 10.1. The van der Waals surface area contributed by atoms with Gasteiger partial charge in [0.2, 0.25) is 11.8 Å². The molecule has 9 nitrogen and oxygen atoms in total. The summed E-state index contributed by atoms with van der Waals surface area (Å²) in [6.45, 7) is 3.52. The molecule has 0 atom stereocenters. The number of methoxy groups -OCH3 is 2. The molecular formula is C22H30N4O5S. The number of aromatic nitrogens is 1. The smallest absolute Gasteiger partial charge is 0.254 e. The van der Waals surface area contributed by atoms with Gasteiger partial charge in [0.1, 0.15) is 6.54 Å². The number of nitrogens with zero attached hydrogens (tertiary/aromatic N) is 2. The van der Waals surface area contributed by atoms with Crippen LogP contribution in [0.4, 0.5) is 5.13 Å². The minimum Gasteiger partial charge on any atom is -0.385 e. The van der Waals surface area contributed by atoms with Crippen molar-refractivity contribution >= 4 is 34.2 Å². The molecule has 0 aliphatic carbocycles. The molecule has 0 saturated carbocycles. The van der Waals surface area contributed by atoms with Crippen molar-refractivity contribution in [3.05, 3.63) is 46.5 Å². The van der Waals surface area contributed by atoms with E-state index in [0.29, 0.717) is 36.1 Å². The van der Waals surface area contributed by atoms with Crippen molar-refractivity contribution in [1.29, 1.82) is 0 Å². The number of carbonyl (C=O) groups is 3. The number of benzene rings is 1. The molecule has 0 radical (unpaired) electrons. The van der Waals surface area contributed by atoms with Crippen LogP contribution in [0.1, 0.15) is 28.0 Å². The lowest BCUT2D eigenvalue weighted by Gasteiger charge is -2.21. The van der Waals surface area contributed by atoms with E-state index in [1.807, 2.05) is 19.1 Å². The highest BCUT2D eigenvalue weighted by Gasteiger charge is 2.19. The number of rotatable bonds is 13. The number of amides is 3. The molecule has 3 amide bonds. The summed E-state index contributed by atoms with van der Waals surface area (Å²) in [5, 5.41) is 7.61. The quantitative estimate of drug-likeness (QED) is 0.440. The van der Waals surface area contributed by atoms with Crippen molar-refractivity contribution in [3.63, 3.8) is 0 Å². The second-order valence-corrected chi connectivity index (χ2v) is 8.01. The molecule has 0 spiro atoms. The number of ether oxygens (including phenoxy) is 2. The van der Waals surface area contributed by atoms with Gasteiger partial charge in [-0.25, -0.2) is 4.98 Å². The third-order valence-electron chi connectivity index (χ3n) is 4.47. The Bertz CT molecular complexity index is 885. The standard InChI is InChI=1S/C22H30N4O5S/c1-16-5-7-17(8-6-16)21(29)26(10-12-31-3)14-20(28)25-22-24-18(15-32-22)13-19(27)23-9-4-11-30-2/h5-8,15H,4,9-14H2,1-3H3,(H,23,27)(H,24,25,28). The van der Waals surface area contributed by atoms with Crippen LogP contribution in [-0.2, 0) is 25.5 Å². The monoisotopic (exact) mass is 462 g/mol. The number of anilines is 1. The average molecular weight is 463 g/mol. The summed E-state index contributed by atoms with van der Waals surface area (Å²) in [5.41, 5.74) is 2.13. The first kappa shape index (κ1) is 25.4. The van der Waals surface area contributed by atoms with Crippen LogP contribution in [0.25, 0.3) is 0 Å². The number of aryl methyl sites for hydroxylation is 1. The SMILES string of the molecule is COCCCNC(=O)Cc1csc(NC(=O)CN(CCOC)C(=O)c2ccc(C)cc2)n1. The third-order valence-corrected chi connectivity index (χ3v) is 5.28. The lowest BCUT2D eigenvalue weighted by molar-refractivity contribution is -0.120. The fraction of sp³-hybridized carbons (Fsp3) is 0.455. The number of nitrogens with one attached hydrogen (secondary N) is 2. The molecule has 174 valence electrons. The van der Waals surface area contributed by atoms with Crippen molar-refractivity contribution in [2.75, 3.05) is 52.4 Å². The predicted octanol–water partition coefficient (Wildman–Crippen LogP) is 1.87. The van der Waals surface area contributed by atoms with E-state index in [9.17, 15) is 14.4 Å². The van der Waals surface area contributed by atoms with Crippen LogP contribution in [0.15, 0.2) is 29.6 Å². The van der Waals surface area contributed by atoms with Gasteiger partial charge in [0, 0.05) is 44.9 Å². The molecule has 0 fully saturated rings. The summed E-state index contributed by atoms with van der Waals surface area (Å²) in [6, 6.07) is 7.19. The van der Waals surface area contributed by atoms with Gasteiger partial charge in [-0.2, -0.15) is 0 Å². The fourth-order valence-electron chi connectivity index (χ4n) is 2.78. The summed E-state index contributed by atoms with van der Waals surface area (Å²) < 4.78 is 10.0. The van der Waals surface area contributed by atoms with Crippen LogP contribution >= 0.6 is 11.3 Å². The van der Waals surface area contributed by atoms with E-state index in [1.165, 1.54) is 16.2 Å². The van der Waals surface area contributed by atoms with E-state index in [-0.39, 0.29) is 37.2 Å². The van der Waals surface area contributed by atoms with E-state index in [4.69, 9.17) is 9.47 Å². The van der Waals surface area contributed by atoms with Crippen LogP contribution in [0, 0.1) is 6.92 Å². The molecule has 0 unspecified atom stereocenters. The van der Waals surface area contributed by atoms with Crippen LogP contribution in [0.3, 0.4) is 0 Å². The van der Waals surface area contributed by atoms with Gasteiger partial charge in [0.05, 0.1) is 18.7 Å². The molecule has 2 rings (SSSR count). The maximum atomic E-state index is 12.8. The van der Waals surface area contributed by atoms with Crippen molar-refractivity contribution in [2.24, 2.45) is 0 Å². The second kappa shape index (κ2) is 13.6. The van der Waals surface area contributed by atoms with Crippen LogP contribution in [-0.4, -0.2) is 74.7 Å². The second-order valence-electron chi connectivity index (χ2n) is 7.15. The van der Waals surface area contributed by atoms with Crippen molar-refractivity contribution < 1.29 is 23.9 Å². The highest BCUT2D eigenvalue weighted by molar-refractivity contribution is 7.13. The molecule has 1 heterocycles. The van der Waals surface area contributed by atoms with Crippen molar-refractivity contribution in [2.45, 2.75) is 19.8 Å². The van der Waals surface area contributed by atoms with Gasteiger partial charge in [-0.05, 0) is 25.5 Å². The Morgan fingerprint density at radius 2 is 1.78 bits per heavy atom. The fourth-order valence-corrected chi connectivity index (χ4v) is 3.51. The summed E-state index contributed by atoms with van der Waals surface area (Å²) in [7, 11) is 3.15. The van der Waals surface area contributed by atoms with E-state index < -0.39 is 0 Å². The number of hydrogen-bond donors (Lipinski definition) is 2. The number of thiazole rings is 1. The molecule has 0 aliphatic heterocycles. The molecule has 2 aromatic rings. The number of hydrogen-bond acceptors (Lipinski definition) is 7. The van der Waals surface area contributed by atoms with Crippen LogP contribution < -0.4 is 10.6 Å². The minimum atomic E-state index is -0.369. The molecule has 1 aromatic carbocycles. The first-order valence-corrected chi connectivity index (χ1v) is 11.2.